The van der Waals surface area contributed by atoms with E-state index in [2.05, 4.69) is 12.2 Å². The molecular weight excluding hydrogens is 460 g/mol. The molecule has 2 aromatic carbocycles. The third-order valence-corrected chi connectivity index (χ3v) is 4.90. The van der Waals surface area contributed by atoms with Crippen molar-refractivity contribution in [3.63, 3.8) is 0 Å². The highest BCUT2D eigenvalue weighted by Crippen LogP contribution is 2.17. The molecule has 8 nitrogen and oxygen atoms in total. The predicted octanol–water partition coefficient (Wildman–Crippen LogP) is 1.36. The number of hydrogen-bond donors (Lipinski definition) is 5. The maximum Gasteiger partial charge on any atom is 0.115 e. The predicted molar refractivity (Wildman–Crippen MR) is 133 cm³/mol. The fourth-order valence-corrected chi connectivity index (χ4v) is 3.16. The minimum absolute atomic E-state index is 0. The molecule has 0 saturated heterocycles. The van der Waals surface area contributed by atoms with Crippen LogP contribution in [0.3, 0.4) is 0 Å². The number of benzene rings is 2. The lowest BCUT2D eigenvalue weighted by Crippen LogP contribution is -2.43. The number of aliphatic hydroxyl groups excluding tert-OH is 2. The Morgan fingerprint density at radius 1 is 0.971 bits per heavy atom. The summed E-state index contributed by atoms with van der Waals surface area (Å²) in [4.78, 5) is 10.0. The second kappa shape index (κ2) is 15.5. The topological polar surface area (TPSA) is 133 Å². The first-order chi connectivity index (χ1) is 15.4. The first-order valence-electron chi connectivity index (χ1n) is 11.0. The van der Waals surface area contributed by atoms with Gasteiger partial charge in [-0.05, 0) is 55.2 Å². The minimum atomic E-state index is -1.20. The minimum Gasteiger partial charge on any atom is -0.550 e. The zero-order chi connectivity index (χ0) is 25.0. The third-order valence-electron chi connectivity index (χ3n) is 4.90. The van der Waals surface area contributed by atoms with Gasteiger partial charge in [-0.3, -0.25) is 0 Å². The van der Waals surface area contributed by atoms with Crippen molar-refractivity contribution in [2.45, 2.75) is 44.4 Å². The van der Waals surface area contributed by atoms with E-state index in [0.717, 1.165) is 18.4 Å². The van der Waals surface area contributed by atoms with Crippen molar-refractivity contribution >= 4 is 18.4 Å². The van der Waals surface area contributed by atoms with Gasteiger partial charge in [0, 0.05) is 25.0 Å². The van der Waals surface area contributed by atoms with Crippen LogP contribution < -0.4 is 10.4 Å². The summed E-state index contributed by atoms with van der Waals surface area (Å²) in [5.41, 5.74) is 1.97. The molecule has 0 heterocycles. The Morgan fingerprint density at radius 3 is 1.94 bits per heavy atom. The van der Waals surface area contributed by atoms with Crippen molar-refractivity contribution in [1.29, 1.82) is 0 Å². The fraction of sp³-hybridized carbons (Fsp3) is 0.480. The summed E-state index contributed by atoms with van der Waals surface area (Å²) in [7, 11) is 5.66. The van der Waals surface area contributed by atoms with Crippen LogP contribution in [0.5, 0.6) is 11.5 Å². The van der Waals surface area contributed by atoms with Gasteiger partial charge in [0.15, 0.2) is 0 Å². The molecule has 0 amide bonds. The first kappa shape index (κ1) is 31.6. The third kappa shape index (κ3) is 14.7. The molecule has 192 valence electrons. The largest absolute Gasteiger partial charge is 0.550 e. The summed E-state index contributed by atoms with van der Waals surface area (Å²) in [5, 5.41) is 51.0. The van der Waals surface area contributed by atoms with E-state index in [1.807, 2.05) is 33.3 Å². The van der Waals surface area contributed by atoms with Crippen LogP contribution >= 0.6 is 12.4 Å². The van der Waals surface area contributed by atoms with Crippen molar-refractivity contribution in [3.05, 3.63) is 59.7 Å². The van der Waals surface area contributed by atoms with Gasteiger partial charge in [0.25, 0.3) is 0 Å². The van der Waals surface area contributed by atoms with Crippen molar-refractivity contribution in [3.8, 4) is 11.5 Å². The molecule has 0 fully saturated rings. The lowest BCUT2D eigenvalue weighted by Gasteiger charge is -2.26. The van der Waals surface area contributed by atoms with Crippen LogP contribution in [0, 0.1) is 0 Å². The Kier molecular flexibility index (Phi) is 14.4. The van der Waals surface area contributed by atoms with Crippen molar-refractivity contribution in [1.82, 2.24) is 5.32 Å². The highest BCUT2D eigenvalue weighted by molar-refractivity contribution is 5.85. The number of aliphatic hydroxyl groups is 2. The van der Waals surface area contributed by atoms with Crippen LogP contribution in [0.2, 0.25) is 0 Å². The SMILES string of the molecule is CC(CCc1ccc(O)cc1)NCC(O)c1ccc(O)cc1.C[N+](C)(C)CC(O)CC(=O)[O-].Cl. The number of phenols is 2. The molecule has 0 aromatic heterocycles. The Labute approximate surface area is 208 Å². The maximum atomic E-state index is 10.1. The molecule has 9 heteroatoms. The van der Waals surface area contributed by atoms with Gasteiger partial charge >= 0.3 is 0 Å². The summed E-state index contributed by atoms with van der Waals surface area (Å²) in [6, 6.07) is 14.1. The van der Waals surface area contributed by atoms with E-state index in [-0.39, 0.29) is 36.4 Å². The average molecular weight is 499 g/mol. The number of carboxylic acid groups (broad SMARTS) is 1. The van der Waals surface area contributed by atoms with Gasteiger partial charge in [0.05, 0.1) is 27.2 Å². The molecule has 34 heavy (non-hydrogen) atoms. The fourth-order valence-electron chi connectivity index (χ4n) is 3.16. The Balaban J connectivity index is 0.000000776. The average Bonchev–Trinajstić information content (AvgIpc) is 2.70. The van der Waals surface area contributed by atoms with Crippen molar-refractivity contribution in [2.75, 3.05) is 34.2 Å². The second-order valence-corrected chi connectivity index (χ2v) is 9.32. The number of nitrogens with zero attached hydrogens (tertiary/aromatic N) is 1. The molecule has 0 aliphatic heterocycles. The van der Waals surface area contributed by atoms with Gasteiger partial charge in [-0.1, -0.05) is 24.3 Å². The molecule has 5 N–H and O–H groups in total. The molecular formula is C25H39ClN2O6. The summed E-state index contributed by atoms with van der Waals surface area (Å²) < 4.78 is 0.550. The zero-order valence-electron chi connectivity index (χ0n) is 20.3. The Bertz CT molecular complexity index is 825. The van der Waals surface area contributed by atoms with E-state index in [9.17, 15) is 25.2 Å². The summed E-state index contributed by atoms with van der Waals surface area (Å²) in [6.07, 6.45) is 0.198. The number of carboxylic acids is 1. The summed E-state index contributed by atoms with van der Waals surface area (Å²) in [5.74, 6) is -0.718. The van der Waals surface area contributed by atoms with Gasteiger partial charge in [0.1, 0.15) is 24.1 Å². The number of halogens is 1. The molecule has 0 radical (unpaired) electrons. The van der Waals surface area contributed by atoms with Crippen LogP contribution in [-0.2, 0) is 11.2 Å². The van der Waals surface area contributed by atoms with Gasteiger partial charge in [0.2, 0.25) is 0 Å². The number of likely N-dealkylation sites (N-methyl/N-ethyl adjacent to an activating group) is 1. The number of aliphatic carboxylic acids is 1. The van der Waals surface area contributed by atoms with Crippen LogP contribution in [0.15, 0.2) is 48.5 Å². The van der Waals surface area contributed by atoms with Gasteiger partial charge in [-0.25, -0.2) is 0 Å². The van der Waals surface area contributed by atoms with Crippen molar-refractivity contribution in [2.24, 2.45) is 0 Å². The Hall–Kier alpha value is -2.36. The van der Waals surface area contributed by atoms with Crippen LogP contribution in [0.25, 0.3) is 0 Å². The molecule has 0 bridgehead atoms. The number of nitrogens with one attached hydrogen (secondary N) is 1. The smallest absolute Gasteiger partial charge is 0.115 e. The lowest BCUT2D eigenvalue weighted by atomic mass is 10.1. The molecule has 2 rings (SSSR count). The number of quaternary nitrogens is 1. The monoisotopic (exact) mass is 498 g/mol. The van der Waals surface area contributed by atoms with Crippen LogP contribution in [0.1, 0.15) is 37.0 Å². The molecule has 3 unspecified atom stereocenters. The van der Waals surface area contributed by atoms with E-state index in [0.29, 0.717) is 17.6 Å². The normalized spacial score (nSPS) is 13.6. The molecule has 0 spiro atoms. The Morgan fingerprint density at radius 2 is 1.47 bits per heavy atom. The quantitative estimate of drug-likeness (QED) is 0.295. The number of aromatic hydroxyl groups is 2. The van der Waals surface area contributed by atoms with Crippen LogP contribution in [0.4, 0.5) is 0 Å². The zero-order valence-corrected chi connectivity index (χ0v) is 21.2. The van der Waals surface area contributed by atoms with Gasteiger partial charge in [-0.2, -0.15) is 0 Å². The number of rotatable bonds is 11. The van der Waals surface area contributed by atoms with E-state index < -0.39 is 18.2 Å². The maximum absolute atomic E-state index is 10.1. The highest BCUT2D eigenvalue weighted by atomic mass is 35.5. The molecule has 2 aromatic rings. The molecule has 3 atom stereocenters. The number of carbonyl (C=O) groups excluding carboxylic acids is 1. The number of hydrogen-bond acceptors (Lipinski definition) is 7. The molecule has 0 aliphatic rings. The number of carbonyl (C=O) groups is 1. The number of phenolic OH excluding ortho intramolecular Hbond substituents is 2. The standard InChI is InChI=1S/C18H23NO3.C7H15NO3.ClH/c1-13(2-3-14-4-8-16(20)9-5-14)19-12-18(22)15-6-10-17(21)11-7-15;1-8(2,3)5-6(9)4-7(10)11;/h4-11,13,18-22H,2-3,12H2,1H3;6,9H,4-5H2,1-3H3;1H. The van der Waals surface area contributed by atoms with Crippen molar-refractivity contribution < 1.29 is 34.8 Å². The van der Waals surface area contributed by atoms with E-state index in [4.69, 9.17) is 5.11 Å². The first-order valence-corrected chi connectivity index (χ1v) is 11.0. The molecule has 0 aliphatic carbocycles. The van der Waals surface area contributed by atoms with E-state index in [1.54, 1.807) is 36.4 Å². The van der Waals surface area contributed by atoms with E-state index >= 15 is 0 Å². The summed E-state index contributed by atoms with van der Waals surface area (Å²) in [6.45, 7) is 2.99. The van der Waals surface area contributed by atoms with Crippen LogP contribution in [-0.4, -0.2) is 77.3 Å². The summed E-state index contributed by atoms with van der Waals surface area (Å²) >= 11 is 0. The highest BCUT2D eigenvalue weighted by Gasteiger charge is 2.15. The molecule has 0 saturated carbocycles. The number of aryl methyl sites for hydroxylation is 1. The van der Waals surface area contributed by atoms with Gasteiger partial charge in [-0.15, -0.1) is 12.4 Å². The second-order valence-electron chi connectivity index (χ2n) is 9.32. The lowest BCUT2D eigenvalue weighted by molar-refractivity contribution is -0.873. The van der Waals surface area contributed by atoms with E-state index in [1.165, 1.54) is 5.56 Å². The van der Waals surface area contributed by atoms with Gasteiger partial charge < -0.3 is 40.1 Å².